The van der Waals surface area contributed by atoms with Crippen molar-refractivity contribution in [3.63, 3.8) is 0 Å². The van der Waals surface area contributed by atoms with Crippen molar-refractivity contribution in [1.82, 2.24) is 4.98 Å². The molecule has 2 aromatic carbocycles. The highest BCUT2D eigenvalue weighted by Gasteiger charge is 2.60. The number of aromatic nitrogens is 1. The van der Waals surface area contributed by atoms with Crippen molar-refractivity contribution < 1.29 is 19.4 Å². The van der Waals surface area contributed by atoms with Crippen molar-refractivity contribution >= 4 is 17.6 Å². The Hall–Kier alpha value is -2.89. The van der Waals surface area contributed by atoms with Crippen molar-refractivity contribution in [3.8, 4) is 16.9 Å². The van der Waals surface area contributed by atoms with Crippen LogP contribution in [0.2, 0.25) is 5.02 Å². The third-order valence-corrected chi connectivity index (χ3v) is 8.47. The van der Waals surface area contributed by atoms with E-state index < -0.39 is 5.97 Å². The molecule has 1 heterocycles. The van der Waals surface area contributed by atoms with Gasteiger partial charge in [0.15, 0.2) is 0 Å². The third-order valence-electron chi connectivity index (χ3n) is 8.17. The Kier molecular flexibility index (Phi) is 7.04. The summed E-state index contributed by atoms with van der Waals surface area (Å²) in [7, 11) is 1.74. The maximum Gasteiger partial charge on any atom is 0.307 e. The van der Waals surface area contributed by atoms with Gasteiger partial charge in [-0.25, -0.2) is 0 Å². The molecule has 0 amide bonds. The van der Waals surface area contributed by atoms with Crippen LogP contribution in [-0.2, 0) is 28.0 Å². The fourth-order valence-corrected chi connectivity index (χ4v) is 6.49. The first-order chi connectivity index (χ1) is 18.0. The van der Waals surface area contributed by atoms with E-state index >= 15 is 0 Å². The zero-order valence-electron chi connectivity index (χ0n) is 22.8. The Labute approximate surface area is 230 Å². The number of carboxylic acids is 1. The molecule has 0 saturated heterocycles. The molecule has 3 aromatic rings. The molecule has 2 aliphatic carbocycles. The van der Waals surface area contributed by atoms with Crippen LogP contribution in [0, 0.1) is 18.3 Å². The second-order valence-corrected chi connectivity index (χ2v) is 12.3. The summed E-state index contributed by atoms with van der Waals surface area (Å²) < 4.78 is 12.3. The van der Waals surface area contributed by atoms with E-state index in [-0.39, 0.29) is 22.9 Å². The quantitative estimate of drug-likeness (QED) is 0.337. The highest BCUT2D eigenvalue weighted by atomic mass is 35.5. The van der Waals surface area contributed by atoms with Gasteiger partial charge in [0.1, 0.15) is 12.4 Å². The second kappa shape index (κ2) is 10.0. The first-order valence-corrected chi connectivity index (χ1v) is 13.7. The number of fused-ring (bicyclic) bond motifs is 2. The van der Waals surface area contributed by atoms with E-state index in [4.69, 9.17) is 21.1 Å². The molecule has 200 valence electrons. The smallest absolute Gasteiger partial charge is 0.307 e. The SMILES string of the molecule is CO[C@@H](c1cc(COc2ccc3c(c2)[C@@]2(CCC3)C[C@@H]2C(=O)O)ccc1-c1cc(C)ncc1Cl)C(C)(C)C. The summed E-state index contributed by atoms with van der Waals surface area (Å²) in [4.78, 5) is 16.1. The number of halogens is 1. The summed E-state index contributed by atoms with van der Waals surface area (Å²) in [6.07, 6.45) is 5.25. The predicted octanol–water partition coefficient (Wildman–Crippen LogP) is 7.70. The average Bonchev–Trinajstić information content (AvgIpc) is 3.59. The van der Waals surface area contributed by atoms with Gasteiger partial charge in [-0.05, 0) is 90.1 Å². The normalized spacial score (nSPS) is 21.2. The number of rotatable bonds is 7. The molecule has 1 N–H and O–H groups in total. The molecule has 38 heavy (non-hydrogen) atoms. The van der Waals surface area contributed by atoms with Crippen molar-refractivity contribution in [2.24, 2.45) is 11.3 Å². The Balaban J connectivity index is 1.46. The summed E-state index contributed by atoms with van der Waals surface area (Å²) in [5, 5.41) is 10.3. The molecular formula is C32H36ClNO4. The van der Waals surface area contributed by atoms with Crippen LogP contribution < -0.4 is 4.74 Å². The van der Waals surface area contributed by atoms with Gasteiger partial charge in [-0.15, -0.1) is 0 Å². The Morgan fingerprint density at radius 2 is 1.97 bits per heavy atom. The molecule has 5 nitrogen and oxygen atoms in total. The number of hydrogen-bond donors (Lipinski definition) is 1. The van der Waals surface area contributed by atoms with E-state index in [0.29, 0.717) is 11.6 Å². The number of nitrogens with zero attached hydrogens (tertiary/aromatic N) is 1. The van der Waals surface area contributed by atoms with Gasteiger partial charge in [0.2, 0.25) is 0 Å². The zero-order chi connectivity index (χ0) is 27.2. The van der Waals surface area contributed by atoms with Crippen molar-refractivity contribution in [2.45, 2.75) is 71.5 Å². The molecule has 0 bridgehead atoms. The lowest BCUT2D eigenvalue weighted by Gasteiger charge is -2.32. The van der Waals surface area contributed by atoms with Crippen molar-refractivity contribution in [1.29, 1.82) is 0 Å². The van der Waals surface area contributed by atoms with Crippen LogP contribution >= 0.6 is 11.6 Å². The third kappa shape index (κ3) is 4.94. The Bertz CT molecular complexity index is 1380. The Morgan fingerprint density at radius 3 is 2.66 bits per heavy atom. The van der Waals surface area contributed by atoms with E-state index in [1.54, 1.807) is 13.3 Å². The number of carboxylic acid groups (broad SMARTS) is 1. The van der Waals surface area contributed by atoms with E-state index in [0.717, 1.165) is 59.4 Å². The summed E-state index contributed by atoms with van der Waals surface area (Å²) in [6.45, 7) is 8.85. The molecule has 5 rings (SSSR count). The standard InChI is InChI=1S/C32H36ClNO4/c1-19-13-24(28(33)17-34-19)23-11-8-20(14-25(23)29(37-5)31(2,3)4)18-38-22-10-9-21-7-6-12-32(26(21)15-22)16-27(32)30(35)36/h8-11,13-15,17,27,29H,6-7,12,16,18H2,1-5H3,(H,35,36)/t27-,29+,32-/m1/s1. The monoisotopic (exact) mass is 533 g/mol. The number of pyridine rings is 1. The largest absolute Gasteiger partial charge is 0.489 e. The maximum absolute atomic E-state index is 11.7. The van der Waals surface area contributed by atoms with Gasteiger partial charge in [-0.1, -0.05) is 50.6 Å². The number of benzene rings is 2. The minimum atomic E-state index is -0.687. The van der Waals surface area contributed by atoms with Gasteiger partial charge in [0.05, 0.1) is 17.0 Å². The topological polar surface area (TPSA) is 68.7 Å². The molecule has 3 atom stereocenters. The zero-order valence-corrected chi connectivity index (χ0v) is 23.6. The van der Waals surface area contributed by atoms with E-state index in [1.165, 1.54) is 11.1 Å². The maximum atomic E-state index is 11.7. The summed E-state index contributed by atoms with van der Waals surface area (Å²) in [5.41, 5.74) is 7.01. The molecule has 6 heteroatoms. The first-order valence-electron chi connectivity index (χ1n) is 13.3. The molecular weight excluding hydrogens is 498 g/mol. The predicted molar refractivity (Wildman–Crippen MR) is 150 cm³/mol. The summed E-state index contributed by atoms with van der Waals surface area (Å²) >= 11 is 6.60. The van der Waals surface area contributed by atoms with Crippen LogP contribution in [0.1, 0.15) is 74.1 Å². The Morgan fingerprint density at radius 1 is 1.18 bits per heavy atom. The van der Waals surface area contributed by atoms with Crippen LogP contribution in [0.25, 0.3) is 11.1 Å². The molecule has 0 unspecified atom stereocenters. The minimum Gasteiger partial charge on any atom is -0.489 e. The molecule has 0 aliphatic heterocycles. The molecule has 2 aliphatic rings. The van der Waals surface area contributed by atoms with Crippen LogP contribution in [0.5, 0.6) is 5.75 Å². The second-order valence-electron chi connectivity index (χ2n) is 11.9. The number of ether oxygens (including phenoxy) is 2. The van der Waals surface area contributed by atoms with Crippen LogP contribution in [-0.4, -0.2) is 23.2 Å². The average molecular weight is 534 g/mol. The lowest BCUT2D eigenvalue weighted by molar-refractivity contribution is -0.139. The molecule has 1 saturated carbocycles. The highest BCUT2D eigenvalue weighted by Crippen LogP contribution is 2.60. The van der Waals surface area contributed by atoms with Crippen molar-refractivity contribution in [2.75, 3.05) is 7.11 Å². The molecule has 1 aromatic heterocycles. The number of methoxy groups -OCH3 is 1. The molecule has 1 fully saturated rings. The van der Waals surface area contributed by atoms with E-state index in [1.807, 2.05) is 19.1 Å². The lowest BCUT2D eigenvalue weighted by Crippen LogP contribution is -2.21. The fourth-order valence-electron chi connectivity index (χ4n) is 6.29. The fraction of sp³-hybridized carbons (Fsp3) is 0.438. The number of carbonyl (C=O) groups is 1. The van der Waals surface area contributed by atoms with Crippen molar-refractivity contribution in [3.05, 3.63) is 81.6 Å². The van der Waals surface area contributed by atoms with Gasteiger partial charge in [-0.3, -0.25) is 9.78 Å². The summed E-state index contributed by atoms with van der Waals surface area (Å²) in [6, 6.07) is 14.5. The van der Waals surface area contributed by atoms with Gasteiger partial charge in [0.25, 0.3) is 0 Å². The summed E-state index contributed by atoms with van der Waals surface area (Å²) in [5.74, 6) is -0.189. The van der Waals surface area contributed by atoms with Gasteiger partial charge >= 0.3 is 5.97 Å². The van der Waals surface area contributed by atoms with Crippen LogP contribution in [0.4, 0.5) is 0 Å². The number of hydrogen-bond acceptors (Lipinski definition) is 4. The van der Waals surface area contributed by atoms with Crippen LogP contribution in [0.15, 0.2) is 48.7 Å². The van der Waals surface area contributed by atoms with E-state index in [9.17, 15) is 9.90 Å². The lowest BCUT2D eigenvalue weighted by atomic mass is 9.78. The number of aliphatic carboxylic acids is 1. The van der Waals surface area contributed by atoms with Gasteiger partial charge in [0, 0.05) is 30.0 Å². The molecule has 0 radical (unpaired) electrons. The van der Waals surface area contributed by atoms with Gasteiger partial charge in [-0.2, -0.15) is 0 Å². The minimum absolute atomic E-state index is 0.144. The van der Waals surface area contributed by atoms with Crippen LogP contribution in [0.3, 0.4) is 0 Å². The first kappa shape index (κ1) is 26.7. The molecule has 1 spiro atoms. The number of aryl methyl sites for hydroxylation is 2. The highest BCUT2D eigenvalue weighted by molar-refractivity contribution is 6.33. The van der Waals surface area contributed by atoms with E-state index in [2.05, 4.69) is 56.1 Å². The van der Waals surface area contributed by atoms with Gasteiger partial charge < -0.3 is 14.6 Å².